The minimum atomic E-state index is -0.884. The topological polar surface area (TPSA) is 37.3 Å². The maximum Gasteiger partial charge on any atom is 0.335 e. The van der Waals surface area contributed by atoms with Crippen LogP contribution in [-0.2, 0) is 0 Å². The highest BCUT2D eigenvalue weighted by atomic mass is 16.4. The maximum atomic E-state index is 10.6. The summed E-state index contributed by atoms with van der Waals surface area (Å²) in [5, 5.41) is 10.8. The number of fused-ring (bicyclic) bond motifs is 1. The molecule has 0 aliphatic rings. The summed E-state index contributed by atoms with van der Waals surface area (Å²) in [4.78, 5) is 10.6. The fourth-order valence-electron chi connectivity index (χ4n) is 1.91. The second kappa shape index (κ2) is 7.06. The van der Waals surface area contributed by atoms with Crippen LogP contribution in [0.1, 0.15) is 15.9 Å². The summed E-state index contributed by atoms with van der Waals surface area (Å²) in [6.07, 6.45) is 1.83. The molecule has 0 spiro atoms. The van der Waals surface area contributed by atoms with Crippen molar-refractivity contribution in [3.63, 3.8) is 0 Å². The Morgan fingerprint density at radius 3 is 2.05 bits per heavy atom. The Kier molecular flexibility index (Phi) is 4.89. The molecule has 0 heterocycles. The van der Waals surface area contributed by atoms with Crippen molar-refractivity contribution in [3.05, 3.63) is 90.5 Å². The molecule has 0 bridgehead atoms. The molecular formula is C19H16O2. The third kappa shape index (κ3) is 4.05. The van der Waals surface area contributed by atoms with Gasteiger partial charge in [-0.2, -0.15) is 0 Å². The molecule has 0 fully saturated rings. The van der Waals surface area contributed by atoms with E-state index in [4.69, 9.17) is 5.11 Å². The van der Waals surface area contributed by atoms with Crippen LogP contribution >= 0.6 is 0 Å². The summed E-state index contributed by atoms with van der Waals surface area (Å²) < 4.78 is 0. The number of benzene rings is 3. The molecule has 0 radical (unpaired) electrons. The zero-order chi connectivity index (χ0) is 15.1. The lowest BCUT2D eigenvalue weighted by molar-refractivity contribution is 0.0697. The van der Waals surface area contributed by atoms with E-state index in [1.165, 1.54) is 5.56 Å². The van der Waals surface area contributed by atoms with E-state index in [0.29, 0.717) is 5.56 Å². The number of hydrogen-bond donors (Lipinski definition) is 1. The molecule has 3 aromatic carbocycles. The van der Waals surface area contributed by atoms with Crippen molar-refractivity contribution in [2.45, 2.75) is 0 Å². The SMILES string of the molecule is C=Cc1ccccc1.O=C(O)c1ccc2ccccc2c1. The Hall–Kier alpha value is -2.87. The minimum absolute atomic E-state index is 0.332. The first kappa shape index (κ1) is 14.5. The molecule has 0 aliphatic heterocycles. The summed E-state index contributed by atoms with van der Waals surface area (Å²) in [7, 11) is 0. The van der Waals surface area contributed by atoms with Gasteiger partial charge in [0.15, 0.2) is 0 Å². The fraction of sp³-hybridized carbons (Fsp3) is 0. The van der Waals surface area contributed by atoms with Crippen molar-refractivity contribution < 1.29 is 9.90 Å². The highest BCUT2D eigenvalue weighted by Gasteiger charge is 2.01. The van der Waals surface area contributed by atoms with Crippen LogP contribution in [0.15, 0.2) is 79.4 Å². The number of carbonyl (C=O) groups is 1. The Labute approximate surface area is 124 Å². The molecule has 3 aromatic rings. The maximum absolute atomic E-state index is 10.6. The van der Waals surface area contributed by atoms with Gasteiger partial charge in [-0.15, -0.1) is 0 Å². The second-order valence-corrected chi connectivity index (χ2v) is 4.48. The Morgan fingerprint density at radius 1 is 0.857 bits per heavy atom. The van der Waals surface area contributed by atoms with E-state index >= 15 is 0 Å². The lowest BCUT2D eigenvalue weighted by Crippen LogP contribution is -1.94. The molecule has 0 saturated carbocycles. The average Bonchev–Trinajstić information content (AvgIpc) is 2.55. The molecule has 0 atom stereocenters. The zero-order valence-electron chi connectivity index (χ0n) is 11.6. The van der Waals surface area contributed by atoms with Crippen molar-refractivity contribution in [1.82, 2.24) is 0 Å². The first-order valence-corrected chi connectivity index (χ1v) is 6.60. The second-order valence-electron chi connectivity index (χ2n) is 4.48. The van der Waals surface area contributed by atoms with E-state index < -0.39 is 5.97 Å². The van der Waals surface area contributed by atoms with E-state index in [1.54, 1.807) is 12.1 Å². The summed E-state index contributed by atoms with van der Waals surface area (Å²) in [6, 6.07) is 22.8. The number of carboxylic acids is 1. The lowest BCUT2D eigenvalue weighted by atomic mass is 10.1. The van der Waals surface area contributed by atoms with Crippen LogP contribution in [0.5, 0.6) is 0 Å². The molecule has 0 aliphatic carbocycles. The standard InChI is InChI=1S/C11H8O2.C8H8/c12-11(13)10-6-5-8-3-1-2-4-9(8)7-10;1-2-8-6-4-3-5-7-8/h1-7H,(H,12,13);2-7H,1H2. The van der Waals surface area contributed by atoms with Gasteiger partial charge in [-0.1, -0.05) is 73.3 Å². The highest BCUT2D eigenvalue weighted by Crippen LogP contribution is 2.15. The largest absolute Gasteiger partial charge is 0.478 e. The van der Waals surface area contributed by atoms with Crippen LogP contribution in [-0.4, -0.2) is 11.1 Å². The van der Waals surface area contributed by atoms with Gasteiger partial charge in [0, 0.05) is 0 Å². The molecule has 0 saturated heterocycles. The summed E-state index contributed by atoms with van der Waals surface area (Å²) in [5.74, 6) is -0.884. The van der Waals surface area contributed by atoms with E-state index in [1.807, 2.05) is 66.7 Å². The van der Waals surface area contributed by atoms with Gasteiger partial charge in [0.05, 0.1) is 5.56 Å². The van der Waals surface area contributed by atoms with Crippen molar-refractivity contribution >= 4 is 22.8 Å². The van der Waals surface area contributed by atoms with Crippen LogP contribution in [0.4, 0.5) is 0 Å². The summed E-state index contributed by atoms with van der Waals surface area (Å²) >= 11 is 0. The molecule has 0 aromatic heterocycles. The normalized spacial score (nSPS) is 9.52. The van der Waals surface area contributed by atoms with Gasteiger partial charge in [0.25, 0.3) is 0 Å². The van der Waals surface area contributed by atoms with E-state index in [0.717, 1.165) is 10.8 Å². The lowest BCUT2D eigenvalue weighted by Gasteiger charge is -1.98. The number of aromatic carboxylic acids is 1. The smallest absolute Gasteiger partial charge is 0.335 e. The van der Waals surface area contributed by atoms with Gasteiger partial charge >= 0.3 is 5.97 Å². The third-order valence-electron chi connectivity index (χ3n) is 3.03. The minimum Gasteiger partial charge on any atom is -0.478 e. The molecule has 2 nitrogen and oxygen atoms in total. The van der Waals surface area contributed by atoms with Crippen molar-refractivity contribution in [1.29, 1.82) is 0 Å². The van der Waals surface area contributed by atoms with Gasteiger partial charge in [0.1, 0.15) is 0 Å². The Balaban J connectivity index is 0.000000173. The van der Waals surface area contributed by atoms with Gasteiger partial charge in [-0.25, -0.2) is 4.79 Å². The van der Waals surface area contributed by atoms with Crippen LogP contribution in [0.2, 0.25) is 0 Å². The first-order valence-electron chi connectivity index (χ1n) is 6.60. The molecular weight excluding hydrogens is 260 g/mol. The first-order chi connectivity index (χ1) is 10.2. The third-order valence-corrected chi connectivity index (χ3v) is 3.03. The predicted octanol–water partition coefficient (Wildman–Crippen LogP) is 4.87. The quantitative estimate of drug-likeness (QED) is 0.725. The molecule has 21 heavy (non-hydrogen) atoms. The van der Waals surface area contributed by atoms with Gasteiger partial charge in [-0.3, -0.25) is 0 Å². The van der Waals surface area contributed by atoms with Crippen molar-refractivity contribution in [2.24, 2.45) is 0 Å². The monoisotopic (exact) mass is 276 g/mol. The van der Waals surface area contributed by atoms with Crippen molar-refractivity contribution in [3.8, 4) is 0 Å². The summed E-state index contributed by atoms with van der Waals surface area (Å²) in [6.45, 7) is 3.63. The highest BCUT2D eigenvalue weighted by molar-refractivity contribution is 5.94. The fourth-order valence-corrected chi connectivity index (χ4v) is 1.91. The predicted molar refractivity (Wildman–Crippen MR) is 87.4 cm³/mol. The van der Waals surface area contributed by atoms with Crippen LogP contribution in [0, 0.1) is 0 Å². The van der Waals surface area contributed by atoms with E-state index in [2.05, 4.69) is 6.58 Å². The number of rotatable bonds is 2. The number of hydrogen-bond acceptors (Lipinski definition) is 1. The molecule has 2 heteroatoms. The molecule has 104 valence electrons. The number of carboxylic acid groups (broad SMARTS) is 1. The molecule has 1 N–H and O–H groups in total. The van der Waals surface area contributed by atoms with Gasteiger partial charge in [-0.05, 0) is 28.5 Å². The van der Waals surface area contributed by atoms with Crippen LogP contribution < -0.4 is 0 Å². The van der Waals surface area contributed by atoms with E-state index in [9.17, 15) is 4.79 Å². The molecule has 0 unspecified atom stereocenters. The van der Waals surface area contributed by atoms with Crippen LogP contribution in [0.3, 0.4) is 0 Å². The van der Waals surface area contributed by atoms with Gasteiger partial charge < -0.3 is 5.11 Å². The Bertz CT molecular complexity index is 746. The van der Waals surface area contributed by atoms with Gasteiger partial charge in [0.2, 0.25) is 0 Å². The van der Waals surface area contributed by atoms with E-state index in [-0.39, 0.29) is 0 Å². The van der Waals surface area contributed by atoms with Crippen molar-refractivity contribution in [2.75, 3.05) is 0 Å². The molecule has 3 rings (SSSR count). The van der Waals surface area contributed by atoms with Crippen LogP contribution in [0.25, 0.3) is 16.8 Å². The Morgan fingerprint density at radius 2 is 1.48 bits per heavy atom. The average molecular weight is 276 g/mol. The molecule has 0 amide bonds. The zero-order valence-corrected chi connectivity index (χ0v) is 11.6. The summed E-state index contributed by atoms with van der Waals surface area (Å²) in [5.41, 5.74) is 1.51.